The summed E-state index contributed by atoms with van der Waals surface area (Å²) in [6, 6.07) is 5.13. The minimum absolute atomic E-state index is 0.0667. The number of nitrogens with zero attached hydrogens (tertiary/aromatic N) is 2. The second kappa shape index (κ2) is 6.16. The molecule has 1 N–H and O–H groups in total. The van der Waals surface area contributed by atoms with Gasteiger partial charge in [0.25, 0.3) is 0 Å². The molecule has 2 aromatic heterocycles. The molecule has 0 aromatic carbocycles. The van der Waals surface area contributed by atoms with E-state index in [4.69, 9.17) is 0 Å². The summed E-state index contributed by atoms with van der Waals surface area (Å²) in [5, 5.41) is 12.6. The molecule has 0 saturated carbocycles. The molecule has 5 nitrogen and oxygen atoms in total. The van der Waals surface area contributed by atoms with E-state index < -0.39 is 0 Å². The highest BCUT2D eigenvalue weighted by molar-refractivity contribution is 7.16. The van der Waals surface area contributed by atoms with E-state index in [2.05, 4.69) is 11.4 Å². The zero-order valence-electron chi connectivity index (χ0n) is 13.0. The number of thiophene rings is 1. The van der Waals surface area contributed by atoms with E-state index in [9.17, 15) is 14.9 Å². The van der Waals surface area contributed by atoms with Crippen molar-refractivity contribution >= 4 is 22.2 Å². The summed E-state index contributed by atoms with van der Waals surface area (Å²) in [4.78, 5) is 24.7. The van der Waals surface area contributed by atoms with Crippen LogP contribution in [0.3, 0.4) is 0 Å². The molecule has 1 amide bonds. The van der Waals surface area contributed by atoms with Crippen LogP contribution in [0.5, 0.6) is 0 Å². The normalized spacial score (nSPS) is 10.3. The van der Waals surface area contributed by atoms with Gasteiger partial charge >= 0.3 is 0 Å². The minimum atomic E-state index is -0.215. The predicted octanol–water partition coefficient (Wildman–Crippen LogP) is 2.65. The van der Waals surface area contributed by atoms with Gasteiger partial charge in [0, 0.05) is 28.4 Å². The average Bonchev–Trinajstić information content (AvgIpc) is 2.68. The molecule has 2 rings (SSSR count). The molecule has 0 fully saturated rings. The summed E-state index contributed by atoms with van der Waals surface area (Å²) in [5.74, 6) is -0.215. The molecule has 0 atom stereocenters. The van der Waals surface area contributed by atoms with Gasteiger partial charge in [-0.05, 0) is 33.3 Å². The lowest BCUT2D eigenvalue weighted by molar-refractivity contribution is -0.116. The number of carbonyl (C=O) groups excluding carboxylic acids is 1. The molecule has 2 heterocycles. The van der Waals surface area contributed by atoms with Gasteiger partial charge in [-0.3, -0.25) is 9.59 Å². The first-order valence-corrected chi connectivity index (χ1v) is 7.63. The molecule has 0 aliphatic carbocycles. The first kappa shape index (κ1) is 16.0. The van der Waals surface area contributed by atoms with Gasteiger partial charge in [0.2, 0.25) is 5.91 Å². The molecular formula is C16H17N3O2S. The molecule has 2 aromatic rings. The summed E-state index contributed by atoms with van der Waals surface area (Å²) < 4.78 is 1.77. The third-order valence-corrected chi connectivity index (χ3v) is 4.73. The Labute approximate surface area is 132 Å². The first-order chi connectivity index (χ1) is 10.3. The zero-order valence-corrected chi connectivity index (χ0v) is 13.8. The highest BCUT2D eigenvalue weighted by Crippen LogP contribution is 2.31. The Bertz CT molecular complexity index is 814. The maximum atomic E-state index is 12.2. The van der Waals surface area contributed by atoms with Crippen molar-refractivity contribution in [1.29, 1.82) is 5.26 Å². The SMILES string of the molecule is Cc1sc(NC(=O)Cn2c(C)cc(=O)cc2C)c(C#N)c1C. The summed E-state index contributed by atoms with van der Waals surface area (Å²) in [6.07, 6.45) is 0. The van der Waals surface area contributed by atoms with Gasteiger partial charge in [-0.25, -0.2) is 0 Å². The lowest BCUT2D eigenvalue weighted by atomic mass is 10.2. The molecule has 0 radical (unpaired) electrons. The molecule has 0 bridgehead atoms. The number of aryl methyl sites for hydroxylation is 3. The van der Waals surface area contributed by atoms with Gasteiger partial charge in [0.15, 0.2) is 5.43 Å². The number of nitriles is 1. The number of pyridine rings is 1. The molecule has 22 heavy (non-hydrogen) atoms. The number of carbonyl (C=O) groups is 1. The van der Waals surface area contributed by atoms with Gasteiger partial charge in [-0.2, -0.15) is 5.26 Å². The highest BCUT2D eigenvalue weighted by atomic mass is 32.1. The molecule has 0 aliphatic rings. The molecule has 114 valence electrons. The van der Waals surface area contributed by atoms with Crippen LogP contribution in [-0.4, -0.2) is 10.5 Å². The second-order valence-electron chi connectivity index (χ2n) is 5.21. The van der Waals surface area contributed by atoms with Gasteiger partial charge in [0.1, 0.15) is 17.6 Å². The smallest absolute Gasteiger partial charge is 0.244 e. The standard InChI is InChI=1S/C16H17N3O2S/c1-9-5-13(20)6-10(2)19(9)8-15(21)18-16-14(7-17)11(3)12(4)22-16/h5-6H,8H2,1-4H3,(H,18,21). The maximum absolute atomic E-state index is 12.2. The molecular weight excluding hydrogens is 298 g/mol. The third kappa shape index (κ3) is 3.10. The number of hydrogen-bond donors (Lipinski definition) is 1. The van der Waals surface area contributed by atoms with E-state index in [0.29, 0.717) is 10.6 Å². The lowest BCUT2D eigenvalue weighted by Gasteiger charge is -2.13. The van der Waals surface area contributed by atoms with Crippen molar-refractivity contribution in [3.05, 3.63) is 49.7 Å². The van der Waals surface area contributed by atoms with Crippen molar-refractivity contribution < 1.29 is 4.79 Å². The van der Waals surface area contributed by atoms with E-state index in [1.165, 1.54) is 23.5 Å². The quantitative estimate of drug-likeness (QED) is 0.946. The Hall–Kier alpha value is -2.39. The van der Waals surface area contributed by atoms with E-state index >= 15 is 0 Å². The largest absolute Gasteiger partial charge is 0.340 e. The molecule has 0 unspecified atom stereocenters. The fraction of sp³-hybridized carbons (Fsp3) is 0.312. The number of nitrogens with one attached hydrogen (secondary N) is 1. The fourth-order valence-electron chi connectivity index (χ4n) is 2.30. The maximum Gasteiger partial charge on any atom is 0.244 e. The van der Waals surface area contributed by atoms with E-state index in [0.717, 1.165) is 21.8 Å². The van der Waals surface area contributed by atoms with Crippen LogP contribution in [0.25, 0.3) is 0 Å². The van der Waals surface area contributed by atoms with Crippen molar-refractivity contribution in [2.75, 3.05) is 5.32 Å². The van der Waals surface area contributed by atoms with Crippen molar-refractivity contribution in [3.8, 4) is 6.07 Å². The Morgan fingerprint density at radius 2 is 1.86 bits per heavy atom. The lowest BCUT2D eigenvalue weighted by Crippen LogP contribution is -2.23. The topological polar surface area (TPSA) is 74.9 Å². The number of anilines is 1. The van der Waals surface area contributed by atoms with Crippen LogP contribution >= 0.6 is 11.3 Å². The number of rotatable bonds is 3. The van der Waals surface area contributed by atoms with E-state index in [-0.39, 0.29) is 17.9 Å². The van der Waals surface area contributed by atoms with Crippen LogP contribution in [0, 0.1) is 39.0 Å². The Morgan fingerprint density at radius 1 is 1.27 bits per heavy atom. The van der Waals surface area contributed by atoms with Gasteiger partial charge in [-0.1, -0.05) is 0 Å². The summed E-state index contributed by atoms with van der Waals surface area (Å²) >= 11 is 1.40. The van der Waals surface area contributed by atoms with E-state index in [1.54, 1.807) is 18.4 Å². The summed E-state index contributed by atoms with van der Waals surface area (Å²) in [5.41, 5.74) is 2.82. The van der Waals surface area contributed by atoms with Crippen LogP contribution in [-0.2, 0) is 11.3 Å². The minimum Gasteiger partial charge on any atom is -0.340 e. The number of aromatic nitrogens is 1. The van der Waals surface area contributed by atoms with Gasteiger partial charge in [-0.15, -0.1) is 11.3 Å². The average molecular weight is 315 g/mol. The van der Waals surface area contributed by atoms with Crippen LogP contribution < -0.4 is 10.7 Å². The highest BCUT2D eigenvalue weighted by Gasteiger charge is 2.15. The van der Waals surface area contributed by atoms with Gasteiger partial charge < -0.3 is 9.88 Å². The summed E-state index contributed by atoms with van der Waals surface area (Å²) in [7, 11) is 0. The van der Waals surface area contributed by atoms with Crippen molar-refractivity contribution in [2.45, 2.75) is 34.2 Å². The zero-order chi connectivity index (χ0) is 16.4. The van der Waals surface area contributed by atoms with Crippen LogP contribution in [0.1, 0.15) is 27.4 Å². The van der Waals surface area contributed by atoms with Crippen LogP contribution in [0.4, 0.5) is 5.00 Å². The molecule has 6 heteroatoms. The first-order valence-electron chi connectivity index (χ1n) is 6.81. The van der Waals surface area contributed by atoms with Crippen LogP contribution in [0.15, 0.2) is 16.9 Å². The van der Waals surface area contributed by atoms with E-state index in [1.807, 2.05) is 13.8 Å². The van der Waals surface area contributed by atoms with Crippen LogP contribution in [0.2, 0.25) is 0 Å². The second-order valence-corrected chi connectivity index (χ2v) is 6.43. The predicted molar refractivity (Wildman–Crippen MR) is 87.3 cm³/mol. The van der Waals surface area contributed by atoms with Crippen molar-refractivity contribution in [1.82, 2.24) is 4.57 Å². The molecule has 0 saturated heterocycles. The summed E-state index contributed by atoms with van der Waals surface area (Å²) in [6.45, 7) is 7.49. The number of hydrogen-bond acceptors (Lipinski definition) is 4. The molecule has 0 aliphatic heterocycles. The fourth-order valence-corrected chi connectivity index (χ4v) is 3.32. The van der Waals surface area contributed by atoms with Crippen molar-refractivity contribution in [2.24, 2.45) is 0 Å². The Balaban J connectivity index is 2.24. The molecule has 0 spiro atoms. The van der Waals surface area contributed by atoms with Crippen molar-refractivity contribution in [3.63, 3.8) is 0 Å². The Kier molecular flexibility index (Phi) is 4.48. The van der Waals surface area contributed by atoms with Gasteiger partial charge in [0.05, 0.1) is 5.56 Å². The number of amides is 1. The monoisotopic (exact) mass is 315 g/mol. The Morgan fingerprint density at radius 3 is 2.41 bits per heavy atom. The third-order valence-electron chi connectivity index (χ3n) is 3.61.